The summed E-state index contributed by atoms with van der Waals surface area (Å²) in [5.41, 5.74) is 8.48. The highest BCUT2D eigenvalue weighted by Gasteiger charge is 2.15. The molecule has 2 aromatic heterocycles. The summed E-state index contributed by atoms with van der Waals surface area (Å²) < 4.78 is 3.47. The van der Waals surface area contributed by atoms with Crippen LogP contribution in [0.25, 0.3) is 11.4 Å². The standard InChI is InChI=1S/C10H14N6/c1-7(2)6-16-9(10(11)13-14-16)8-4-5-12-15(8)3/h4-5H,1,6,11H2,2-3H3. The van der Waals surface area contributed by atoms with Gasteiger partial charge >= 0.3 is 0 Å². The van der Waals surface area contributed by atoms with Gasteiger partial charge in [-0.15, -0.1) is 5.10 Å². The van der Waals surface area contributed by atoms with E-state index in [9.17, 15) is 0 Å². The van der Waals surface area contributed by atoms with Gasteiger partial charge in [0.15, 0.2) is 5.82 Å². The van der Waals surface area contributed by atoms with Gasteiger partial charge in [-0.3, -0.25) is 4.68 Å². The van der Waals surface area contributed by atoms with E-state index in [1.165, 1.54) is 0 Å². The number of nitrogens with zero attached hydrogens (tertiary/aromatic N) is 5. The second-order valence-electron chi connectivity index (χ2n) is 3.78. The van der Waals surface area contributed by atoms with Crippen molar-refractivity contribution in [3.8, 4) is 11.4 Å². The maximum atomic E-state index is 5.81. The molecule has 0 bridgehead atoms. The van der Waals surface area contributed by atoms with Crippen LogP contribution in [0.3, 0.4) is 0 Å². The Morgan fingerprint density at radius 3 is 2.88 bits per heavy atom. The third kappa shape index (κ3) is 1.69. The summed E-state index contributed by atoms with van der Waals surface area (Å²) in [7, 11) is 1.85. The third-order valence-corrected chi connectivity index (χ3v) is 2.24. The largest absolute Gasteiger partial charge is 0.380 e. The number of anilines is 1. The zero-order valence-corrected chi connectivity index (χ0v) is 9.38. The third-order valence-electron chi connectivity index (χ3n) is 2.24. The number of nitrogen functional groups attached to an aromatic ring is 1. The van der Waals surface area contributed by atoms with Crippen molar-refractivity contribution in [3.05, 3.63) is 24.4 Å². The monoisotopic (exact) mass is 218 g/mol. The molecule has 16 heavy (non-hydrogen) atoms. The smallest absolute Gasteiger partial charge is 0.175 e. The molecule has 2 heterocycles. The zero-order valence-electron chi connectivity index (χ0n) is 9.38. The zero-order chi connectivity index (χ0) is 11.7. The molecule has 0 amide bonds. The average molecular weight is 218 g/mol. The van der Waals surface area contributed by atoms with Gasteiger partial charge in [-0.25, -0.2) is 4.68 Å². The molecular weight excluding hydrogens is 204 g/mol. The first-order chi connectivity index (χ1) is 7.59. The highest BCUT2D eigenvalue weighted by atomic mass is 15.5. The lowest BCUT2D eigenvalue weighted by molar-refractivity contribution is 0.643. The van der Waals surface area contributed by atoms with E-state index in [0.29, 0.717) is 12.4 Å². The van der Waals surface area contributed by atoms with E-state index in [1.807, 2.05) is 20.0 Å². The molecule has 0 aromatic carbocycles. The molecule has 2 rings (SSSR count). The molecule has 0 spiro atoms. The molecule has 6 heteroatoms. The van der Waals surface area contributed by atoms with Crippen LogP contribution >= 0.6 is 0 Å². The van der Waals surface area contributed by atoms with E-state index in [2.05, 4.69) is 22.0 Å². The quantitative estimate of drug-likeness (QED) is 0.774. The van der Waals surface area contributed by atoms with Crippen LogP contribution in [-0.2, 0) is 13.6 Å². The summed E-state index contributed by atoms with van der Waals surface area (Å²) in [5, 5.41) is 12.0. The van der Waals surface area contributed by atoms with Crippen molar-refractivity contribution in [2.45, 2.75) is 13.5 Å². The number of allylic oxidation sites excluding steroid dienone is 1. The predicted octanol–water partition coefficient (Wildman–Crippen LogP) is 0.837. The van der Waals surface area contributed by atoms with Crippen LogP contribution in [0.15, 0.2) is 24.4 Å². The highest BCUT2D eigenvalue weighted by molar-refractivity contribution is 5.66. The predicted molar refractivity (Wildman–Crippen MR) is 61.5 cm³/mol. The minimum atomic E-state index is 0.407. The van der Waals surface area contributed by atoms with Crippen LogP contribution in [0.1, 0.15) is 6.92 Å². The van der Waals surface area contributed by atoms with Crippen molar-refractivity contribution in [1.29, 1.82) is 0 Å². The fraction of sp³-hybridized carbons (Fsp3) is 0.300. The van der Waals surface area contributed by atoms with Crippen LogP contribution in [0, 0.1) is 0 Å². The van der Waals surface area contributed by atoms with Crippen molar-refractivity contribution >= 4 is 5.82 Å². The van der Waals surface area contributed by atoms with Crippen molar-refractivity contribution in [1.82, 2.24) is 24.8 Å². The number of nitrogens with two attached hydrogens (primary N) is 1. The number of aromatic nitrogens is 5. The Hall–Kier alpha value is -2.11. The molecule has 84 valence electrons. The molecule has 0 radical (unpaired) electrons. The minimum Gasteiger partial charge on any atom is -0.380 e. The lowest BCUT2D eigenvalue weighted by atomic mass is 10.3. The molecule has 0 saturated carbocycles. The van der Waals surface area contributed by atoms with Gasteiger partial charge in [0, 0.05) is 13.2 Å². The normalized spacial score (nSPS) is 10.6. The second-order valence-corrected chi connectivity index (χ2v) is 3.78. The fourth-order valence-corrected chi connectivity index (χ4v) is 1.56. The lowest BCUT2D eigenvalue weighted by Gasteiger charge is -2.06. The number of rotatable bonds is 3. The van der Waals surface area contributed by atoms with E-state index >= 15 is 0 Å². The Bertz CT molecular complexity index is 521. The van der Waals surface area contributed by atoms with Gasteiger partial charge in [0.05, 0.1) is 12.2 Å². The van der Waals surface area contributed by atoms with Crippen LogP contribution in [0.2, 0.25) is 0 Å². The number of aryl methyl sites for hydroxylation is 1. The first kappa shape index (κ1) is 10.4. The Morgan fingerprint density at radius 1 is 1.56 bits per heavy atom. The van der Waals surface area contributed by atoms with Gasteiger partial charge in [0.1, 0.15) is 5.69 Å². The van der Waals surface area contributed by atoms with Gasteiger partial charge < -0.3 is 5.73 Å². The van der Waals surface area contributed by atoms with E-state index < -0.39 is 0 Å². The first-order valence-electron chi connectivity index (χ1n) is 4.91. The van der Waals surface area contributed by atoms with Gasteiger partial charge in [0.2, 0.25) is 0 Å². The van der Waals surface area contributed by atoms with Crippen LogP contribution < -0.4 is 5.73 Å². The Morgan fingerprint density at radius 2 is 2.31 bits per heavy atom. The summed E-state index contributed by atoms with van der Waals surface area (Å²) in [4.78, 5) is 0. The molecule has 0 aliphatic rings. The van der Waals surface area contributed by atoms with Crippen molar-refractivity contribution in [2.24, 2.45) is 7.05 Å². The van der Waals surface area contributed by atoms with Crippen molar-refractivity contribution in [3.63, 3.8) is 0 Å². The second kappa shape index (κ2) is 3.80. The summed E-state index contributed by atoms with van der Waals surface area (Å²) in [6.07, 6.45) is 1.72. The molecule has 0 unspecified atom stereocenters. The summed E-state index contributed by atoms with van der Waals surface area (Å²) in [5.74, 6) is 0.407. The summed E-state index contributed by atoms with van der Waals surface area (Å²) >= 11 is 0. The molecule has 0 aliphatic carbocycles. The molecular formula is C10H14N6. The molecule has 6 nitrogen and oxygen atoms in total. The van der Waals surface area contributed by atoms with Gasteiger partial charge in [-0.1, -0.05) is 17.4 Å². The topological polar surface area (TPSA) is 74.6 Å². The van der Waals surface area contributed by atoms with Gasteiger partial charge in [-0.05, 0) is 13.0 Å². The van der Waals surface area contributed by atoms with Crippen molar-refractivity contribution < 1.29 is 0 Å². The van der Waals surface area contributed by atoms with Gasteiger partial charge in [0.25, 0.3) is 0 Å². The molecule has 0 saturated heterocycles. The van der Waals surface area contributed by atoms with E-state index in [4.69, 9.17) is 5.73 Å². The molecule has 2 N–H and O–H groups in total. The number of hydrogen-bond acceptors (Lipinski definition) is 4. The van der Waals surface area contributed by atoms with E-state index in [-0.39, 0.29) is 0 Å². The highest BCUT2D eigenvalue weighted by Crippen LogP contribution is 2.23. The van der Waals surface area contributed by atoms with Crippen LogP contribution in [-0.4, -0.2) is 24.8 Å². The Labute approximate surface area is 93.4 Å². The average Bonchev–Trinajstić information content (AvgIpc) is 2.73. The van der Waals surface area contributed by atoms with E-state index in [1.54, 1.807) is 15.6 Å². The van der Waals surface area contributed by atoms with Crippen LogP contribution in [0.4, 0.5) is 5.82 Å². The molecule has 0 aliphatic heterocycles. The maximum Gasteiger partial charge on any atom is 0.175 e. The number of hydrogen-bond donors (Lipinski definition) is 1. The molecule has 0 atom stereocenters. The molecule has 0 fully saturated rings. The Balaban J connectivity index is 2.51. The van der Waals surface area contributed by atoms with Crippen LogP contribution in [0.5, 0.6) is 0 Å². The Kier molecular flexibility index (Phi) is 2.47. The van der Waals surface area contributed by atoms with Crippen molar-refractivity contribution in [2.75, 3.05) is 5.73 Å². The summed E-state index contributed by atoms with van der Waals surface area (Å²) in [6.45, 7) is 6.39. The fourth-order valence-electron chi connectivity index (χ4n) is 1.56. The SMILES string of the molecule is C=C(C)Cn1nnc(N)c1-c1ccnn1C. The van der Waals surface area contributed by atoms with E-state index in [0.717, 1.165) is 17.0 Å². The van der Waals surface area contributed by atoms with Gasteiger partial charge in [-0.2, -0.15) is 5.10 Å². The minimum absolute atomic E-state index is 0.407. The maximum absolute atomic E-state index is 5.81. The first-order valence-corrected chi connectivity index (χ1v) is 4.91. The molecule has 2 aromatic rings. The summed E-state index contributed by atoms with van der Waals surface area (Å²) in [6, 6.07) is 1.88. The lowest BCUT2D eigenvalue weighted by Crippen LogP contribution is -2.06.